The van der Waals surface area contributed by atoms with E-state index in [1.165, 1.54) is 18.4 Å². The number of hydrazone groups is 1. The van der Waals surface area contributed by atoms with E-state index in [0.717, 1.165) is 0 Å². The Kier molecular flexibility index (Phi) is 6.12. The molecule has 0 unspecified atom stereocenters. The monoisotopic (exact) mass is 429 g/mol. The largest absolute Gasteiger partial charge is 0.507 e. The molecule has 3 aromatic rings. The maximum atomic E-state index is 12.8. The van der Waals surface area contributed by atoms with Gasteiger partial charge in [-0.3, -0.25) is 9.59 Å². The van der Waals surface area contributed by atoms with Gasteiger partial charge in [-0.25, -0.2) is 5.43 Å². The minimum atomic E-state index is -0.640. The Balaban J connectivity index is 1.57. The average molecular weight is 429 g/mol. The van der Waals surface area contributed by atoms with E-state index in [4.69, 9.17) is 9.47 Å². The first-order chi connectivity index (χ1) is 15.6. The zero-order chi connectivity index (χ0) is 22.3. The fourth-order valence-corrected chi connectivity index (χ4v) is 2.93. The molecule has 0 saturated heterocycles. The second-order valence-electron chi connectivity index (χ2n) is 6.75. The minimum absolute atomic E-state index is 0.0212. The van der Waals surface area contributed by atoms with Crippen molar-refractivity contribution in [3.8, 4) is 17.2 Å². The zero-order valence-corrected chi connectivity index (χ0v) is 16.8. The zero-order valence-electron chi connectivity index (χ0n) is 16.8. The van der Waals surface area contributed by atoms with Crippen molar-refractivity contribution in [1.82, 2.24) is 10.7 Å². The predicted molar refractivity (Wildman–Crippen MR) is 118 cm³/mol. The molecule has 0 aliphatic carbocycles. The van der Waals surface area contributed by atoms with Crippen LogP contribution in [0.1, 0.15) is 21.5 Å². The van der Waals surface area contributed by atoms with E-state index in [0.29, 0.717) is 28.2 Å². The number of hydrogen-bond donors (Lipinski definition) is 3. The normalized spacial score (nSPS) is 12.6. The van der Waals surface area contributed by atoms with Crippen LogP contribution in [-0.4, -0.2) is 29.9 Å². The Hall–Kier alpha value is -4.59. The third kappa shape index (κ3) is 4.93. The van der Waals surface area contributed by atoms with Crippen LogP contribution < -0.4 is 20.2 Å². The Labute approximate surface area is 183 Å². The number of aromatic hydroxyl groups is 1. The van der Waals surface area contributed by atoms with Crippen molar-refractivity contribution >= 4 is 24.1 Å². The molecule has 0 bridgehead atoms. The highest BCUT2D eigenvalue weighted by Crippen LogP contribution is 2.33. The number of ether oxygens (including phenoxy) is 2. The number of phenols is 1. The van der Waals surface area contributed by atoms with Crippen molar-refractivity contribution in [2.24, 2.45) is 5.10 Å². The topological polar surface area (TPSA) is 109 Å². The number of amides is 2. The van der Waals surface area contributed by atoms with E-state index in [-0.39, 0.29) is 18.2 Å². The molecule has 0 saturated carbocycles. The first-order valence-corrected chi connectivity index (χ1v) is 9.69. The number of phenolic OH excluding ortho intramolecular Hbond substituents is 1. The molecule has 1 aliphatic heterocycles. The lowest BCUT2D eigenvalue weighted by molar-refractivity contribution is -0.117. The van der Waals surface area contributed by atoms with Gasteiger partial charge in [-0.1, -0.05) is 36.4 Å². The molecule has 0 atom stereocenters. The number of carbonyl (C=O) groups is 2. The van der Waals surface area contributed by atoms with Crippen molar-refractivity contribution in [2.75, 3.05) is 6.79 Å². The first kappa shape index (κ1) is 20.7. The molecule has 4 rings (SSSR count). The second kappa shape index (κ2) is 9.48. The summed E-state index contributed by atoms with van der Waals surface area (Å²) in [5, 5.41) is 16.3. The van der Waals surface area contributed by atoms with Crippen LogP contribution in [0.3, 0.4) is 0 Å². The number of carbonyl (C=O) groups excluding carboxylic acids is 2. The molecule has 0 fully saturated rings. The molecular weight excluding hydrogens is 410 g/mol. The highest BCUT2D eigenvalue weighted by Gasteiger charge is 2.16. The fourth-order valence-electron chi connectivity index (χ4n) is 2.93. The van der Waals surface area contributed by atoms with E-state index in [2.05, 4.69) is 15.8 Å². The molecule has 0 aromatic heterocycles. The molecule has 0 radical (unpaired) electrons. The van der Waals surface area contributed by atoms with Gasteiger partial charge >= 0.3 is 0 Å². The molecule has 1 heterocycles. The van der Waals surface area contributed by atoms with Crippen LogP contribution in [0.25, 0.3) is 6.08 Å². The summed E-state index contributed by atoms with van der Waals surface area (Å²) >= 11 is 0. The van der Waals surface area contributed by atoms with E-state index < -0.39 is 11.8 Å². The van der Waals surface area contributed by atoms with E-state index in [1.807, 2.05) is 0 Å². The Morgan fingerprint density at radius 3 is 2.50 bits per heavy atom. The van der Waals surface area contributed by atoms with Gasteiger partial charge in [0, 0.05) is 11.1 Å². The summed E-state index contributed by atoms with van der Waals surface area (Å²) in [7, 11) is 0. The summed E-state index contributed by atoms with van der Waals surface area (Å²) in [4.78, 5) is 25.4. The molecule has 160 valence electrons. The third-order valence-corrected chi connectivity index (χ3v) is 4.54. The maximum absolute atomic E-state index is 12.8. The molecule has 0 spiro atoms. The van der Waals surface area contributed by atoms with Crippen LogP contribution >= 0.6 is 0 Å². The van der Waals surface area contributed by atoms with Crippen molar-refractivity contribution in [3.05, 3.63) is 95.2 Å². The number of nitrogens with one attached hydrogen (secondary N) is 2. The summed E-state index contributed by atoms with van der Waals surface area (Å²) in [6.45, 7) is 0.127. The van der Waals surface area contributed by atoms with Crippen LogP contribution in [0.5, 0.6) is 17.2 Å². The Morgan fingerprint density at radius 2 is 1.69 bits per heavy atom. The molecule has 32 heavy (non-hydrogen) atoms. The van der Waals surface area contributed by atoms with Gasteiger partial charge in [0.1, 0.15) is 11.4 Å². The van der Waals surface area contributed by atoms with E-state index in [1.54, 1.807) is 66.7 Å². The van der Waals surface area contributed by atoms with Crippen LogP contribution in [-0.2, 0) is 4.79 Å². The number of para-hydroxylation sites is 1. The lowest BCUT2D eigenvalue weighted by atomic mass is 10.1. The number of fused-ring (bicyclic) bond motifs is 1. The Bertz CT molecular complexity index is 1210. The maximum Gasteiger partial charge on any atom is 0.287 e. The highest BCUT2D eigenvalue weighted by atomic mass is 16.7. The van der Waals surface area contributed by atoms with Crippen LogP contribution in [0.15, 0.2) is 83.6 Å². The van der Waals surface area contributed by atoms with Gasteiger partial charge in [0.15, 0.2) is 11.5 Å². The number of rotatable bonds is 6. The summed E-state index contributed by atoms with van der Waals surface area (Å²) in [5.41, 5.74) is 3.80. The molecule has 2 amide bonds. The number of nitrogens with zero attached hydrogens (tertiary/aromatic N) is 1. The van der Waals surface area contributed by atoms with Crippen LogP contribution in [0.4, 0.5) is 0 Å². The van der Waals surface area contributed by atoms with Crippen molar-refractivity contribution < 1.29 is 24.2 Å². The van der Waals surface area contributed by atoms with Gasteiger partial charge < -0.3 is 19.9 Å². The van der Waals surface area contributed by atoms with Gasteiger partial charge in [0.25, 0.3) is 11.8 Å². The number of benzene rings is 3. The SMILES string of the molecule is O=C(N/N=C/c1ccccc1O)C(=Cc1ccc2c(c1)OCO2)NC(=O)c1ccccc1. The van der Waals surface area contributed by atoms with Gasteiger partial charge in [-0.05, 0) is 48.0 Å². The second-order valence-corrected chi connectivity index (χ2v) is 6.75. The average Bonchev–Trinajstić information content (AvgIpc) is 3.28. The van der Waals surface area contributed by atoms with Gasteiger partial charge in [0.2, 0.25) is 6.79 Å². The first-order valence-electron chi connectivity index (χ1n) is 9.69. The quantitative estimate of drug-likeness (QED) is 0.317. The molecule has 8 nitrogen and oxygen atoms in total. The lowest BCUT2D eigenvalue weighted by Crippen LogP contribution is -2.32. The number of hydrogen-bond acceptors (Lipinski definition) is 6. The van der Waals surface area contributed by atoms with Crippen LogP contribution in [0.2, 0.25) is 0 Å². The summed E-state index contributed by atoms with van der Waals surface area (Å²) in [5.74, 6) is 0.0919. The fraction of sp³-hybridized carbons (Fsp3) is 0.0417. The molecule has 1 aliphatic rings. The lowest BCUT2D eigenvalue weighted by Gasteiger charge is -2.09. The van der Waals surface area contributed by atoms with Gasteiger partial charge in [-0.15, -0.1) is 0 Å². The molecule has 3 aromatic carbocycles. The van der Waals surface area contributed by atoms with Crippen LogP contribution in [0, 0.1) is 0 Å². The van der Waals surface area contributed by atoms with Gasteiger partial charge in [0.05, 0.1) is 6.21 Å². The highest BCUT2D eigenvalue weighted by molar-refractivity contribution is 6.05. The standard InChI is InChI=1S/C24H19N3O5/c28-20-9-5-4-8-18(20)14-25-27-24(30)19(26-23(29)17-6-2-1-3-7-17)12-16-10-11-21-22(13-16)32-15-31-21/h1-14,28H,15H2,(H,26,29)(H,27,30)/b19-12?,25-14+. The predicted octanol–water partition coefficient (Wildman–Crippen LogP) is 3.04. The minimum Gasteiger partial charge on any atom is -0.507 e. The molecule has 8 heteroatoms. The third-order valence-electron chi connectivity index (χ3n) is 4.54. The van der Waals surface area contributed by atoms with Crippen molar-refractivity contribution in [3.63, 3.8) is 0 Å². The smallest absolute Gasteiger partial charge is 0.287 e. The molecular formula is C24H19N3O5. The summed E-state index contributed by atoms with van der Waals surface area (Å²) in [6, 6.07) is 20.3. The Morgan fingerprint density at radius 1 is 0.938 bits per heavy atom. The van der Waals surface area contributed by atoms with Crippen molar-refractivity contribution in [1.29, 1.82) is 0 Å². The van der Waals surface area contributed by atoms with Gasteiger partial charge in [-0.2, -0.15) is 5.10 Å². The summed E-state index contributed by atoms with van der Waals surface area (Å²) < 4.78 is 10.7. The van der Waals surface area contributed by atoms with E-state index >= 15 is 0 Å². The molecule has 3 N–H and O–H groups in total. The van der Waals surface area contributed by atoms with E-state index in [9.17, 15) is 14.7 Å². The van der Waals surface area contributed by atoms with Crippen molar-refractivity contribution in [2.45, 2.75) is 0 Å². The summed E-state index contributed by atoms with van der Waals surface area (Å²) in [6.07, 6.45) is 2.82.